The summed E-state index contributed by atoms with van der Waals surface area (Å²) in [7, 11) is 0. The van der Waals surface area contributed by atoms with Crippen LogP contribution in [0.25, 0.3) is 10.9 Å². The van der Waals surface area contributed by atoms with Gasteiger partial charge in [0.25, 0.3) is 5.91 Å². The van der Waals surface area contributed by atoms with E-state index >= 15 is 0 Å². The number of aryl methyl sites for hydroxylation is 1. The van der Waals surface area contributed by atoms with Crippen LogP contribution in [0.5, 0.6) is 0 Å². The molecule has 0 aliphatic carbocycles. The van der Waals surface area contributed by atoms with Crippen molar-refractivity contribution in [3.8, 4) is 0 Å². The van der Waals surface area contributed by atoms with Crippen LogP contribution in [0.15, 0.2) is 30.3 Å². The number of carbonyl (C=O) groups excluding carboxylic acids is 1. The molecule has 2 aromatic rings. The second-order valence-corrected chi connectivity index (χ2v) is 6.16. The first-order valence-electron chi connectivity index (χ1n) is 7.95. The molecule has 0 radical (unpaired) electrons. The monoisotopic (exact) mass is 344 g/mol. The van der Waals surface area contributed by atoms with Gasteiger partial charge in [-0.1, -0.05) is 18.2 Å². The topological polar surface area (TPSA) is 75.3 Å². The predicted octanol–water partition coefficient (Wildman–Crippen LogP) is 1.83. The van der Waals surface area contributed by atoms with Crippen LogP contribution in [0.4, 0.5) is 0 Å². The molecule has 7 heteroatoms. The molecule has 1 aromatic heterocycles. The minimum atomic E-state index is -0.252. The summed E-state index contributed by atoms with van der Waals surface area (Å²) in [4.78, 5) is 16.9. The largest absolute Gasteiger partial charge is 0.376 e. The van der Waals surface area contributed by atoms with E-state index in [1.807, 2.05) is 31.2 Å². The SMILES string of the molecule is Cc1cc(C(=O)NNC(=S)NC[C@@H]2CCCO2)c2ccccc2n1. The lowest BCUT2D eigenvalue weighted by molar-refractivity contribution is 0.0944. The maximum atomic E-state index is 12.5. The number of para-hydroxylation sites is 1. The maximum Gasteiger partial charge on any atom is 0.270 e. The molecule has 1 amide bonds. The molecule has 6 nitrogen and oxygen atoms in total. The molecule has 126 valence electrons. The second-order valence-electron chi connectivity index (χ2n) is 5.75. The number of nitrogens with zero attached hydrogens (tertiary/aromatic N) is 1. The summed E-state index contributed by atoms with van der Waals surface area (Å²) in [5.41, 5.74) is 7.51. The third-order valence-corrected chi connectivity index (χ3v) is 4.14. The summed E-state index contributed by atoms with van der Waals surface area (Å²) in [6, 6.07) is 9.32. The van der Waals surface area contributed by atoms with Crippen molar-refractivity contribution in [3.63, 3.8) is 0 Å². The van der Waals surface area contributed by atoms with Crippen LogP contribution in [0.3, 0.4) is 0 Å². The smallest absolute Gasteiger partial charge is 0.270 e. The van der Waals surface area contributed by atoms with Crippen molar-refractivity contribution in [2.24, 2.45) is 0 Å². The number of pyridine rings is 1. The van der Waals surface area contributed by atoms with Crippen LogP contribution in [0.1, 0.15) is 28.9 Å². The molecule has 0 unspecified atom stereocenters. The maximum absolute atomic E-state index is 12.5. The summed E-state index contributed by atoms with van der Waals surface area (Å²) in [5, 5.41) is 4.22. The number of fused-ring (bicyclic) bond motifs is 1. The van der Waals surface area contributed by atoms with Crippen molar-refractivity contribution in [1.29, 1.82) is 0 Å². The number of hydrazine groups is 1. The molecule has 0 bridgehead atoms. The fourth-order valence-electron chi connectivity index (χ4n) is 2.73. The second kappa shape index (κ2) is 7.55. The number of carbonyl (C=O) groups is 1. The lowest BCUT2D eigenvalue weighted by Crippen LogP contribution is -2.48. The Morgan fingerprint density at radius 3 is 3.00 bits per heavy atom. The van der Waals surface area contributed by atoms with Gasteiger partial charge in [0.2, 0.25) is 0 Å². The minimum Gasteiger partial charge on any atom is -0.376 e. The van der Waals surface area contributed by atoms with Gasteiger partial charge in [-0.15, -0.1) is 0 Å². The number of hydrogen-bond acceptors (Lipinski definition) is 4. The van der Waals surface area contributed by atoms with Crippen LogP contribution < -0.4 is 16.2 Å². The highest BCUT2D eigenvalue weighted by molar-refractivity contribution is 7.80. The average Bonchev–Trinajstić information content (AvgIpc) is 3.10. The van der Waals surface area contributed by atoms with Gasteiger partial charge in [-0.2, -0.15) is 0 Å². The lowest BCUT2D eigenvalue weighted by Gasteiger charge is -2.15. The quantitative estimate of drug-likeness (QED) is 0.583. The molecule has 0 saturated carbocycles. The van der Waals surface area contributed by atoms with E-state index in [4.69, 9.17) is 17.0 Å². The molecule has 0 spiro atoms. The van der Waals surface area contributed by atoms with Crippen LogP contribution in [-0.4, -0.2) is 35.3 Å². The number of aromatic nitrogens is 1. The first-order chi connectivity index (χ1) is 11.6. The fourth-order valence-corrected chi connectivity index (χ4v) is 2.87. The van der Waals surface area contributed by atoms with Crippen LogP contribution >= 0.6 is 12.2 Å². The average molecular weight is 344 g/mol. The van der Waals surface area contributed by atoms with E-state index in [-0.39, 0.29) is 12.0 Å². The van der Waals surface area contributed by atoms with Gasteiger partial charge >= 0.3 is 0 Å². The van der Waals surface area contributed by atoms with Gasteiger partial charge in [-0.25, -0.2) is 0 Å². The Morgan fingerprint density at radius 2 is 2.21 bits per heavy atom. The van der Waals surface area contributed by atoms with Crippen LogP contribution in [-0.2, 0) is 4.74 Å². The standard InChI is InChI=1S/C17H20N4O2S/c1-11-9-14(13-6-2-3-7-15(13)19-11)16(22)20-21-17(24)18-10-12-5-4-8-23-12/h2-3,6-7,9,12H,4-5,8,10H2,1H3,(H,20,22)(H2,18,21,24)/t12-/m0/s1. The highest BCUT2D eigenvalue weighted by Crippen LogP contribution is 2.17. The number of hydrogen-bond donors (Lipinski definition) is 3. The Balaban J connectivity index is 1.59. The molecule has 24 heavy (non-hydrogen) atoms. The Hall–Kier alpha value is -2.25. The van der Waals surface area contributed by atoms with E-state index in [0.717, 1.165) is 36.0 Å². The van der Waals surface area contributed by atoms with Crippen molar-refractivity contribution < 1.29 is 9.53 Å². The van der Waals surface area contributed by atoms with Crippen molar-refractivity contribution >= 4 is 34.1 Å². The van der Waals surface area contributed by atoms with Crippen molar-refractivity contribution in [3.05, 3.63) is 41.6 Å². The third kappa shape index (κ3) is 3.98. The van der Waals surface area contributed by atoms with Gasteiger partial charge in [0.05, 0.1) is 17.2 Å². The van der Waals surface area contributed by atoms with Gasteiger partial charge in [0.15, 0.2) is 5.11 Å². The number of rotatable bonds is 3. The van der Waals surface area contributed by atoms with E-state index in [9.17, 15) is 4.79 Å². The van der Waals surface area contributed by atoms with E-state index in [1.165, 1.54) is 0 Å². The van der Waals surface area contributed by atoms with Gasteiger partial charge < -0.3 is 10.1 Å². The normalized spacial score (nSPS) is 16.8. The number of thiocarbonyl (C=S) groups is 1. The molecule has 1 saturated heterocycles. The van der Waals surface area contributed by atoms with E-state index in [0.29, 0.717) is 17.2 Å². The number of amides is 1. The van der Waals surface area contributed by atoms with E-state index in [1.54, 1.807) is 6.07 Å². The van der Waals surface area contributed by atoms with Gasteiger partial charge in [0.1, 0.15) is 0 Å². The summed E-state index contributed by atoms with van der Waals surface area (Å²) in [6.45, 7) is 3.31. The molecule has 2 heterocycles. The molecular weight excluding hydrogens is 324 g/mol. The van der Waals surface area contributed by atoms with Gasteiger partial charge in [-0.3, -0.25) is 20.6 Å². The number of nitrogens with one attached hydrogen (secondary N) is 3. The minimum absolute atomic E-state index is 0.187. The molecule has 1 aromatic carbocycles. The first-order valence-corrected chi connectivity index (χ1v) is 8.36. The van der Waals surface area contributed by atoms with Gasteiger partial charge in [0, 0.05) is 24.2 Å². The molecular formula is C17H20N4O2S. The first kappa shape index (κ1) is 16.6. The zero-order chi connectivity index (χ0) is 16.9. The zero-order valence-corrected chi connectivity index (χ0v) is 14.3. The van der Waals surface area contributed by atoms with Crippen LogP contribution in [0.2, 0.25) is 0 Å². The molecule has 3 N–H and O–H groups in total. The van der Waals surface area contributed by atoms with Crippen molar-refractivity contribution in [2.75, 3.05) is 13.2 Å². The Morgan fingerprint density at radius 1 is 1.38 bits per heavy atom. The van der Waals surface area contributed by atoms with E-state index in [2.05, 4.69) is 21.2 Å². The Kier molecular flexibility index (Phi) is 5.22. The van der Waals surface area contributed by atoms with Crippen molar-refractivity contribution in [2.45, 2.75) is 25.9 Å². The predicted molar refractivity (Wildman–Crippen MR) is 96.7 cm³/mol. The summed E-state index contributed by atoms with van der Waals surface area (Å²) in [5.74, 6) is -0.252. The Bertz CT molecular complexity index is 759. The highest BCUT2D eigenvalue weighted by Gasteiger charge is 2.16. The zero-order valence-electron chi connectivity index (χ0n) is 13.5. The molecule has 3 rings (SSSR count). The summed E-state index contributed by atoms with van der Waals surface area (Å²) < 4.78 is 5.52. The molecule has 1 fully saturated rings. The van der Waals surface area contributed by atoms with Crippen molar-refractivity contribution in [1.82, 2.24) is 21.2 Å². The molecule has 1 aliphatic rings. The fraction of sp³-hybridized carbons (Fsp3) is 0.353. The summed E-state index contributed by atoms with van der Waals surface area (Å²) >= 11 is 5.17. The van der Waals surface area contributed by atoms with Gasteiger partial charge in [-0.05, 0) is 44.1 Å². The lowest BCUT2D eigenvalue weighted by atomic mass is 10.1. The summed E-state index contributed by atoms with van der Waals surface area (Å²) in [6.07, 6.45) is 2.30. The van der Waals surface area contributed by atoms with Crippen LogP contribution in [0, 0.1) is 6.92 Å². The third-order valence-electron chi connectivity index (χ3n) is 3.89. The Labute approximate surface area is 145 Å². The molecule has 1 aliphatic heterocycles. The highest BCUT2D eigenvalue weighted by atomic mass is 32.1. The molecule has 1 atom stereocenters. The number of ether oxygens (including phenoxy) is 1. The van der Waals surface area contributed by atoms with E-state index < -0.39 is 0 Å². The number of benzene rings is 1.